The Labute approximate surface area is 264 Å². The number of fused-ring (bicyclic) bond motifs is 1. The molecule has 4 aromatic carbocycles. The fraction of sp³-hybridized carbons (Fsp3) is 0. The smallest absolute Gasteiger partial charge is 0.296 e. The number of nitrogens with one attached hydrogen (secondary N) is 2. The van der Waals surface area contributed by atoms with E-state index in [0.717, 1.165) is 42.5 Å². The lowest BCUT2D eigenvalue weighted by atomic mass is 10.1. The lowest BCUT2D eigenvalue weighted by Gasteiger charge is -2.12. The van der Waals surface area contributed by atoms with Crippen LogP contribution in [0, 0.1) is 0 Å². The number of aromatic nitrogens is 3. The minimum absolute atomic E-state index is 0.0223. The Morgan fingerprint density at radius 2 is 1.15 bits per heavy atom. The molecule has 17 nitrogen and oxygen atoms in total. The van der Waals surface area contributed by atoms with E-state index in [4.69, 9.17) is 20.7 Å². The summed E-state index contributed by atoms with van der Waals surface area (Å²) in [6, 6.07) is 14.7. The van der Waals surface area contributed by atoms with E-state index in [2.05, 4.69) is 35.8 Å². The average molecular weight is 708 g/mol. The number of hydrogen-bond donors (Lipinski definition) is 6. The SMILES string of the molecule is O=S(=O)(O)c1ccc(N=Nc2c(S(=O)(=O)O)cc3ccc(Nc4nc(Cl)nc(Nc5ccc(S(=O)(=O)O)cc5)n4)cc3c2O)cc1. The van der Waals surface area contributed by atoms with Crippen molar-refractivity contribution in [3.8, 4) is 5.75 Å². The molecule has 0 bridgehead atoms. The fourth-order valence-electron chi connectivity index (χ4n) is 3.93. The number of phenols is 1. The number of phenolic OH excluding ortho intramolecular Hbond substituents is 1. The predicted octanol–water partition coefficient (Wildman–Crippen LogP) is 5.03. The van der Waals surface area contributed by atoms with Crippen LogP contribution in [0.4, 0.5) is 34.6 Å². The second-order valence-electron chi connectivity index (χ2n) is 9.15. The van der Waals surface area contributed by atoms with Crippen molar-refractivity contribution in [3.63, 3.8) is 0 Å². The van der Waals surface area contributed by atoms with E-state index in [1.165, 1.54) is 30.3 Å². The van der Waals surface area contributed by atoms with Gasteiger partial charge in [0.25, 0.3) is 30.4 Å². The van der Waals surface area contributed by atoms with Crippen LogP contribution in [0.5, 0.6) is 5.75 Å². The highest BCUT2D eigenvalue weighted by molar-refractivity contribution is 7.86. The molecule has 0 saturated carbocycles. The molecule has 0 spiro atoms. The summed E-state index contributed by atoms with van der Waals surface area (Å²) < 4.78 is 97.4. The third kappa shape index (κ3) is 7.51. The van der Waals surface area contributed by atoms with Gasteiger partial charge in [0, 0.05) is 16.8 Å². The fourth-order valence-corrected chi connectivity index (χ4v) is 5.71. The maximum Gasteiger partial charge on any atom is 0.296 e. The normalized spacial score (nSPS) is 12.4. The van der Waals surface area contributed by atoms with Crippen LogP contribution >= 0.6 is 11.6 Å². The first kappa shape index (κ1) is 32.6. The van der Waals surface area contributed by atoms with Gasteiger partial charge in [0.2, 0.25) is 17.2 Å². The molecule has 1 heterocycles. The predicted molar refractivity (Wildman–Crippen MR) is 164 cm³/mol. The van der Waals surface area contributed by atoms with Crippen molar-refractivity contribution >= 4 is 87.4 Å². The van der Waals surface area contributed by atoms with E-state index < -0.39 is 51.6 Å². The molecule has 6 N–H and O–H groups in total. The Balaban J connectivity index is 1.47. The first-order valence-electron chi connectivity index (χ1n) is 12.3. The number of azo groups is 1. The molecule has 1 aromatic heterocycles. The largest absolute Gasteiger partial charge is 0.505 e. The molecular weight excluding hydrogens is 690 g/mol. The van der Waals surface area contributed by atoms with Crippen molar-refractivity contribution in [1.29, 1.82) is 0 Å². The van der Waals surface area contributed by atoms with Crippen LogP contribution in [0.1, 0.15) is 0 Å². The van der Waals surface area contributed by atoms with Gasteiger partial charge in [-0.05, 0) is 83.7 Å². The second kappa shape index (κ2) is 12.2. The van der Waals surface area contributed by atoms with Crippen LogP contribution in [-0.2, 0) is 30.4 Å². The highest BCUT2D eigenvalue weighted by atomic mass is 35.5. The molecule has 0 radical (unpaired) electrons. The molecule has 21 heteroatoms. The van der Waals surface area contributed by atoms with Gasteiger partial charge in [0.1, 0.15) is 10.6 Å². The lowest BCUT2D eigenvalue weighted by Crippen LogP contribution is -2.04. The van der Waals surface area contributed by atoms with E-state index in [1.807, 2.05) is 0 Å². The van der Waals surface area contributed by atoms with Gasteiger partial charge in [-0.1, -0.05) is 6.07 Å². The Hall–Kier alpha value is -4.83. The number of rotatable bonds is 9. The van der Waals surface area contributed by atoms with Crippen LogP contribution in [0.15, 0.2) is 97.7 Å². The molecule has 0 unspecified atom stereocenters. The summed E-state index contributed by atoms with van der Waals surface area (Å²) in [5.74, 6) is -0.800. The van der Waals surface area contributed by atoms with Gasteiger partial charge in [0.15, 0.2) is 5.75 Å². The number of nitrogens with zero attached hydrogens (tertiary/aromatic N) is 5. The maximum absolute atomic E-state index is 12.1. The molecule has 5 aromatic rings. The molecule has 0 saturated heterocycles. The summed E-state index contributed by atoms with van der Waals surface area (Å²) in [4.78, 5) is 10.6. The number of benzene rings is 4. The van der Waals surface area contributed by atoms with Crippen molar-refractivity contribution in [2.24, 2.45) is 10.2 Å². The van der Waals surface area contributed by atoms with Gasteiger partial charge in [-0.3, -0.25) is 13.7 Å². The van der Waals surface area contributed by atoms with E-state index in [9.17, 15) is 34.9 Å². The van der Waals surface area contributed by atoms with Gasteiger partial charge in [-0.25, -0.2) is 0 Å². The van der Waals surface area contributed by atoms with Crippen molar-refractivity contribution in [2.75, 3.05) is 10.6 Å². The number of aromatic hydroxyl groups is 1. The molecule has 0 aliphatic heterocycles. The minimum atomic E-state index is -4.91. The van der Waals surface area contributed by atoms with Crippen LogP contribution in [0.25, 0.3) is 10.8 Å². The molecule has 5 rings (SSSR count). The van der Waals surface area contributed by atoms with Gasteiger partial charge in [-0.2, -0.15) is 45.3 Å². The molecular formula is C25H18ClN7O10S3. The van der Waals surface area contributed by atoms with Gasteiger partial charge in [0.05, 0.1) is 15.5 Å². The molecule has 0 aliphatic rings. The zero-order valence-corrected chi connectivity index (χ0v) is 25.7. The van der Waals surface area contributed by atoms with Crippen LogP contribution < -0.4 is 10.6 Å². The van der Waals surface area contributed by atoms with E-state index >= 15 is 0 Å². The summed E-state index contributed by atoms with van der Waals surface area (Å²) in [5.41, 5.74) is 0.0218. The van der Waals surface area contributed by atoms with Crippen molar-refractivity contribution in [3.05, 3.63) is 78.1 Å². The van der Waals surface area contributed by atoms with Crippen LogP contribution in [-0.4, -0.2) is 59.0 Å². The topological polar surface area (TPSA) is 271 Å². The van der Waals surface area contributed by atoms with Crippen molar-refractivity contribution < 1.29 is 44.0 Å². The van der Waals surface area contributed by atoms with Gasteiger partial charge in [-0.15, -0.1) is 5.11 Å². The van der Waals surface area contributed by atoms with E-state index in [1.54, 1.807) is 0 Å². The highest BCUT2D eigenvalue weighted by Gasteiger charge is 2.22. The summed E-state index contributed by atoms with van der Waals surface area (Å²) in [6.45, 7) is 0. The Morgan fingerprint density at radius 3 is 1.70 bits per heavy atom. The number of hydrogen-bond acceptors (Lipinski definition) is 14. The monoisotopic (exact) mass is 707 g/mol. The Morgan fingerprint density at radius 1 is 0.630 bits per heavy atom. The molecule has 0 atom stereocenters. The summed E-state index contributed by atoms with van der Waals surface area (Å²) >= 11 is 6.04. The first-order valence-corrected chi connectivity index (χ1v) is 17.0. The van der Waals surface area contributed by atoms with E-state index in [-0.39, 0.29) is 44.2 Å². The van der Waals surface area contributed by atoms with Gasteiger partial charge < -0.3 is 15.7 Å². The molecule has 238 valence electrons. The Bertz CT molecular complexity index is 2360. The quantitative estimate of drug-likeness (QED) is 0.0866. The summed E-state index contributed by atoms with van der Waals surface area (Å²) in [5, 5.41) is 24.3. The average Bonchev–Trinajstić information content (AvgIpc) is 2.95. The standard InChI is InChI=1S/C25H18ClN7O10S3/c26-23-29-24(27-14-3-7-17(8-4-14)44(35,36)37)31-25(30-23)28-16-2-1-13-11-20(46(41,42)43)21(22(34)19(13)12-16)33-32-15-5-9-18(10-6-15)45(38,39)40/h1-12,34H,(H,35,36,37)(H,38,39,40)(H,41,42,43)(H2,27,28,29,30,31). The minimum Gasteiger partial charge on any atom is -0.505 e. The zero-order chi connectivity index (χ0) is 33.4. The van der Waals surface area contributed by atoms with Crippen LogP contribution in [0.3, 0.4) is 0 Å². The van der Waals surface area contributed by atoms with E-state index in [0.29, 0.717) is 5.69 Å². The number of anilines is 4. The lowest BCUT2D eigenvalue weighted by molar-refractivity contribution is 0.472. The second-order valence-corrected chi connectivity index (χ2v) is 13.7. The summed E-state index contributed by atoms with van der Waals surface area (Å²) in [6.07, 6.45) is 0. The maximum atomic E-state index is 12.1. The molecule has 0 amide bonds. The Kier molecular flexibility index (Phi) is 8.61. The third-order valence-corrected chi connectivity index (χ3v) is 8.78. The van der Waals surface area contributed by atoms with Crippen LogP contribution in [0.2, 0.25) is 5.28 Å². The molecule has 46 heavy (non-hydrogen) atoms. The third-order valence-electron chi connectivity index (χ3n) is 6.00. The first-order chi connectivity index (χ1) is 21.5. The van der Waals surface area contributed by atoms with Gasteiger partial charge >= 0.3 is 0 Å². The zero-order valence-electron chi connectivity index (χ0n) is 22.5. The molecule has 0 aliphatic carbocycles. The molecule has 0 fully saturated rings. The van der Waals surface area contributed by atoms with Crippen molar-refractivity contribution in [2.45, 2.75) is 14.7 Å². The number of halogens is 1. The van der Waals surface area contributed by atoms with Crippen molar-refractivity contribution in [1.82, 2.24) is 15.0 Å². The summed E-state index contributed by atoms with van der Waals surface area (Å²) in [7, 11) is -13.8. The highest BCUT2D eigenvalue weighted by Crippen LogP contribution is 2.42.